The van der Waals surface area contributed by atoms with Gasteiger partial charge in [0, 0.05) is 17.1 Å². The van der Waals surface area contributed by atoms with Crippen molar-refractivity contribution in [1.29, 1.82) is 0 Å². The number of nitrogens with zero attached hydrogens (tertiary/aromatic N) is 1. The minimum atomic E-state index is -1.48. The number of aliphatic hydroxyl groups excluding tert-OH is 4. The fraction of sp³-hybridized carbons (Fsp3) is 0.333. The molecule has 1 aliphatic heterocycles. The lowest BCUT2D eigenvalue weighted by Crippen LogP contribution is -2.55. The molecule has 5 N–H and O–H groups in total. The third-order valence-corrected chi connectivity index (χ3v) is 6.67. The van der Waals surface area contributed by atoms with Crippen LogP contribution in [-0.2, 0) is 11.3 Å². The van der Waals surface area contributed by atoms with E-state index >= 15 is 0 Å². The number of nitrogens with one attached hydrogen (secondary N) is 1. The molecule has 0 saturated carbocycles. The zero-order chi connectivity index (χ0) is 22.1. The first-order chi connectivity index (χ1) is 14.9. The zero-order valence-corrected chi connectivity index (χ0v) is 17.8. The summed E-state index contributed by atoms with van der Waals surface area (Å²) >= 11 is 7.36. The molecule has 1 amide bonds. The van der Waals surface area contributed by atoms with Gasteiger partial charge in [0.25, 0.3) is 5.91 Å². The van der Waals surface area contributed by atoms with Crippen LogP contribution < -0.4 is 5.32 Å². The third-order valence-electron chi connectivity index (χ3n) is 5.20. The van der Waals surface area contributed by atoms with Crippen LogP contribution in [0.3, 0.4) is 0 Å². The predicted octanol–water partition coefficient (Wildman–Crippen LogP) is 1.39. The smallest absolute Gasteiger partial charge is 0.251 e. The Kier molecular flexibility index (Phi) is 6.54. The van der Waals surface area contributed by atoms with E-state index in [0.29, 0.717) is 21.1 Å². The lowest BCUT2D eigenvalue weighted by atomic mass is 9.95. The first kappa shape index (κ1) is 22.1. The molecule has 1 fully saturated rings. The second kappa shape index (κ2) is 9.17. The van der Waals surface area contributed by atoms with Crippen molar-refractivity contribution in [2.45, 2.75) is 37.1 Å². The molecule has 1 saturated heterocycles. The van der Waals surface area contributed by atoms with E-state index in [1.54, 1.807) is 24.3 Å². The quantitative estimate of drug-likeness (QED) is 0.385. The van der Waals surface area contributed by atoms with Gasteiger partial charge in [-0.2, -0.15) is 0 Å². The molecule has 5 atom stereocenters. The Labute approximate surface area is 186 Å². The number of hydrogen-bond acceptors (Lipinski definition) is 8. The van der Waals surface area contributed by atoms with Gasteiger partial charge in [0.2, 0.25) is 0 Å². The summed E-state index contributed by atoms with van der Waals surface area (Å²) in [6, 6.07) is 12.3. The van der Waals surface area contributed by atoms with Gasteiger partial charge in [0.05, 0.1) is 16.8 Å². The highest BCUT2D eigenvalue weighted by Crippen LogP contribution is 2.36. The summed E-state index contributed by atoms with van der Waals surface area (Å²) in [4.78, 5) is 17.0. The number of benzene rings is 2. The van der Waals surface area contributed by atoms with E-state index in [1.807, 2.05) is 18.2 Å². The van der Waals surface area contributed by atoms with Gasteiger partial charge in [-0.05, 0) is 29.8 Å². The first-order valence-electron chi connectivity index (χ1n) is 9.61. The molecule has 0 spiro atoms. The van der Waals surface area contributed by atoms with Crippen LogP contribution in [0.2, 0.25) is 5.02 Å². The number of carbonyl (C=O) groups is 1. The van der Waals surface area contributed by atoms with Crippen molar-refractivity contribution in [2.75, 3.05) is 6.61 Å². The maximum atomic E-state index is 12.6. The maximum Gasteiger partial charge on any atom is 0.251 e. The molecule has 1 aliphatic rings. The minimum Gasteiger partial charge on any atom is -0.394 e. The van der Waals surface area contributed by atoms with Crippen molar-refractivity contribution in [3.8, 4) is 0 Å². The van der Waals surface area contributed by atoms with Crippen LogP contribution in [0.4, 0.5) is 0 Å². The number of amides is 1. The Bertz CT molecular complexity index is 1090. The summed E-state index contributed by atoms with van der Waals surface area (Å²) in [5, 5.41) is 43.4. The van der Waals surface area contributed by atoms with Crippen LogP contribution in [0, 0.1) is 0 Å². The van der Waals surface area contributed by atoms with E-state index in [2.05, 4.69) is 10.3 Å². The van der Waals surface area contributed by atoms with Crippen LogP contribution in [0.5, 0.6) is 0 Å². The predicted molar refractivity (Wildman–Crippen MR) is 115 cm³/mol. The lowest BCUT2D eigenvalue weighted by Gasteiger charge is -2.39. The van der Waals surface area contributed by atoms with Gasteiger partial charge in [0.15, 0.2) is 0 Å². The molecule has 0 bridgehead atoms. The Morgan fingerprint density at radius 1 is 1.13 bits per heavy atom. The molecule has 10 heteroatoms. The van der Waals surface area contributed by atoms with E-state index < -0.39 is 37.1 Å². The van der Waals surface area contributed by atoms with Crippen molar-refractivity contribution in [1.82, 2.24) is 10.3 Å². The molecule has 0 aliphatic carbocycles. The summed E-state index contributed by atoms with van der Waals surface area (Å²) in [7, 11) is 0. The van der Waals surface area contributed by atoms with Crippen LogP contribution in [-0.4, -0.2) is 62.3 Å². The van der Waals surface area contributed by atoms with Gasteiger partial charge >= 0.3 is 0 Å². The molecule has 0 radical (unpaired) electrons. The Morgan fingerprint density at radius 2 is 1.90 bits per heavy atom. The Balaban J connectivity index is 1.53. The van der Waals surface area contributed by atoms with Gasteiger partial charge in [0.1, 0.15) is 35.5 Å². The highest BCUT2D eigenvalue weighted by molar-refractivity contribution is 7.18. The monoisotopic (exact) mass is 464 g/mol. The summed E-state index contributed by atoms with van der Waals surface area (Å²) in [6.07, 6.45) is -6.34. The molecule has 0 unspecified atom stereocenters. The number of thiazole rings is 1. The molecule has 8 nitrogen and oxygen atoms in total. The lowest BCUT2D eigenvalue weighted by molar-refractivity contribution is -0.231. The second-order valence-corrected chi connectivity index (χ2v) is 8.73. The van der Waals surface area contributed by atoms with E-state index in [1.165, 1.54) is 11.3 Å². The van der Waals surface area contributed by atoms with Crippen LogP contribution >= 0.6 is 22.9 Å². The number of aromatic nitrogens is 1. The second-order valence-electron chi connectivity index (χ2n) is 7.26. The Hall–Kier alpha value is -2.11. The largest absolute Gasteiger partial charge is 0.394 e. The van der Waals surface area contributed by atoms with Crippen LogP contribution in [0.25, 0.3) is 10.2 Å². The van der Waals surface area contributed by atoms with Crippen LogP contribution in [0.1, 0.15) is 27.0 Å². The highest BCUT2D eigenvalue weighted by atomic mass is 35.5. The molecule has 3 aromatic rings. The molecule has 31 heavy (non-hydrogen) atoms. The standard InChI is InChI=1S/C21H21ClN2O6S/c22-12-4-2-1-3-11(12)8-23-20(29)10-5-6-15-13(7-10)24-21(31-15)19-18(28)17(27)16(26)14(9-25)30-19/h1-7,14,16-19,25-28H,8-9H2,(H,23,29)/t14-,16+,17+,18-,19-/m1/s1. The summed E-state index contributed by atoms with van der Waals surface area (Å²) in [5.74, 6) is -0.288. The van der Waals surface area contributed by atoms with Crippen molar-refractivity contribution >= 4 is 39.1 Å². The average Bonchev–Trinajstić information content (AvgIpc) is 3.20. The zero-order valence-electron chi connectivity index (χ0n) is 16.2. The van der Waals surface area contributed by atoms with Gasteiger partial charge in [-0.25, -0.2) is 4.98 Å². The summed E-state index contributed by atoms with van der Waals surface area (Å²) in [6.45, 7) is -0.230. The van der Waals surface area contributed by atoms with Crippen molar-refractivity contribution in [3.63, 3.8) is 0 Å². The molecule has 164 valence electrons. The summed E-state index contributed by atoms with van der Waals surface area (Å²) < 4.78 is 6.33. The van der Waals surface area contributed by atoms with Gasteiger partial charge in [-0.1, -0.05) is 29.8 Å². The molecule has 2 aromatic carbocycles. The van der Waals surface area contributed by atoms with Crippen molar-refractivity contribution < 1.29 is 30.0 Å². The van der Waals surface area contributed by atoms with Crippen molar-refractivity contribution in [3.05, 3.63) is 63.6 Å². The van der Waals surface area contributed by atoms with E-state index in [-0.39, 0.29) is 12.5 Å². The van der Waals surface area contributed by atoms with E-state index in [0.717, 1.165) is 10.3 Å². The Morgan fingerprint density at radius 3 is 2.65 bits per heavy atom. The molecule has 4 rings (SSSR count). The number of hydrogen-bond donors (Lipinski definition) is 5. The number of carbonyl (C=O) groups excluding carboxylic acids is 1. The SMILES string of the molecule is O=C(NCc1ccccc1Cl)c1ccc2sc([C@@H]3O[C@H](CO)[C@H](O)[C@H](O)[C@H]3O)nc2c1. The number of rotatable bonds is 5. The fourth-order valence-corrected chi connectivity index (χ4v) is 4.66. The molecule has 1 aromatic heterocycles. The minimum absolute atomic E-state index is 0.281. The normalized spacial score (nSPS) is 26.2. The van der Waals surface area contributed by atoms with E-state index in [4.69, 9.17) is 16.3 Å². The van der Waals surface area contributed by atoms with Gasteiger partial charge < -0.3 is 30.5 Å². The molecular formula is C21H21ClN2O6S. The summed E-state index contributed by atoms with van der Waals surface area (Å²) in [5.41, 5.74) is 1.74. The number of halogens is 1. The van der Waals surface area contributed by atoms with Gasteiger partial charge in [-0.15, -0.1) is 11.3 Å². The maximum absolute atomic E-state index is 12.6. The number of aliphatic hydroxyl groups is 4. The average molecular weight is 465 g/mol. The number of fused-ring (bicyclic) bond motifs is 1. The van der Waals surface area contributed by atoms with E-state index in [9.17, 15) is 25.2 Å². The fourth-order valence-electron chi connectivity index (χ4n) is 3.43. The number of ether oxygens (including phenoxy) is 1. The van der Waals surface area contributed by atoms with Gasteiger partial charge in [-0.3, -0.25) is 4.79 Å². The molecular weight excluding hydrogens is 444 g/mol. The topological polar surface area (TPSA) is 132 Å². The van der Waals surface area contributed by atoms with Crippen LogP contribution in [0.15, 0.2) is 42.5 Å². The first-order valence-corrected chi connectivity index (χ1v) is 10.8. The highest BCUT2D eigenvalue weighted by Gasteiger charge is 2.45. The third kappa shape index (κ3) is 4.44. The molecule has 2 heterocycles. The van der Waals surface area contributed by atoms with Crippen molar-refractivity contribution in [2.24, 2.45) is 0 Å².